The van der Waals surface area contributed by atoms with E-state index in [0.29, 0.717) is 31.9 Å². The van der Waals surface area contributed by atoms with Crippen LogP contribution in [0.4, 0.5) is 11.4 Å². The Bertz CT molecular complexity index is 1160. The number of carbonyl (C=O) groups is 2. The van der Waals surface area contributed by atoms with Gasteiger partial charge in [-0.15, -0.1) is 0 Å². The van der Waals surface area contributed by atoms with Crippen LogP contribution < -0.4 is 9.80 Å². The maximum Gasteiger partial charge on any atom is 0.335 e. The third-order valence-corrected chi connectivity index (χ3v) is 9.84. The summed E-state index contributed by atoms with van der Waals surface area (Å²) in [7, 11) is -7.28. The molecule has 0 aliphatic heterocycles. The van der Waals surface area contributed by atoms with Gasteiger partial charge in [0.2, 0.25) is 12.8 Å². The summed E-state index contributed by atoms with van der Waals surface area (Å²) in [5.41, 5.74) is 2.92. The SMILES string of the molecule is CCOP(=O)(Cc1ccc(N(C=O)CCCCCCCCCCCN(C=O)c2ccc(CP(=O)(O)O)cc2)cc1)OCC. The molecule has 0 saturated carbocycles. The average Bonchev–Trinajstić information content (AvgIpc) is 2.96. The molecule has 0 aliphatic carbocycles. The molecule has 0 atom stereocenters. The number of anilines is 2. The molecule has 0 aliphatic rings. The predicted octanol–water partition coefficient (Wildman–Crippen LogP) is 7.27. The van der Waals surface area contributed by atoms with Crippen LogP contribution >= 0.6 is 15.2 Å². The maximum absolute atomic E-state index is 12.8. The van der Waals surface area contributed by atoms with E-state index in [0.717, 1.165) is 87.5 Å². The topological polar surface area (TPSA) is 134 Å². The van der Waals surface area contributed by atoms with Crippen molar-refractivity contribution in [1.29, 1.82) is 0 Å². The molecule has 0 saturated heterocycles. The lowest BCUT2D eigenvalue weighted by Crippen LogP contribution is -2.22. The van der Waals surface area contributed by atoms with Crippen LogP contribution in [0.25, 0.3) is 0 Å². The fourth-order valence-electron chi connectivity index (χ4n) is 4.86. The molecule has 0 radical (unpaired) electrons. The number of rotatable bonds is 24. The molecule has 240 valence electrons. The largest absolute Gasteiger partial charge is 0.335 e. The van der Waals surface area contributed by atoms with Gasteiger partial charge < -0.3 is 28.6 Å². The van der Waals surface area contributed by atoms with Crippen molar-refractivity contribution in [1.82, 2.24) is 0 Å². The first kappa shape index (κ1) is 36.9. The van der Waals surface area contributed by atoms with E-state index < -0.39 is 15.2 Å². The standard InChI is InChI=1S/C31H48N2O8P2/c1-3-40-43(39,41-4-2)25-29-16-20-31(21-17-29)33(27-35)23-13-11-9-7-5-6-8-10-12-22-32(26-34)30-18-14-28(15-19-30)24-42(36,37)38/h14-21,26-27H,3-13,22-25H2,1-2H3,(H2,36,37,38). The van der Waals surface area contributed by atoms with E-state index in [9.17, 15) is 18.7 Å². The van der Waals surface area contributed by atoms with Crippen molar-refractivity contribution in [2.75, 3.05) is 36.1 Å². The van der Waals surface area contributed by atoms with Crippen molar-refractivity contribution in [3.05, 3.63) is 59.7 Å². The highest BCUT2D eigenvalue weighted by atomic mass is 31.2. The molecular weight excluding hydrogens is 590 g/mol. The van der Waals surface area contributed by atoms with E-state index in [4.69, 9.17) is 18.8 Å². The molecule has 2 amide bonds. The lowest BCUT2D eigenvalue weighted by atomic mass is 10.1. The van der Waals surface area contributed by atoms with Crippen molar-refractivity contribution < 1.29 is 37.6 Å². The van der Waals surface area contributed by atoms with E-state index >= 15 is 0 Å². The molecule has 12 heteroatoms. The van der Waals surface area contributed by atoms with Crippen LogP contribution in [0, 0.1) is 0 Å². The first-order valence-corrected chi connectivity index (χ1v) is 18.7. The lowest BCUT2D eigenvalue weighted by Gasteiger charge is -2.19. The zero-order chi connectivity index (χ0) is 31.6. The van der Waals surface area contributed by atoms with Gasteiger partial charge in [-0.2, -0.15) is 0 Å². The Morgan fingerprint density at radius 2 is 0.953 bits per heavy atom. The first-order valence-electron chi connectivity index (χ1n) is 15.2. The van der Waals surface area contributed by atoms with Gasteiger partial charge in [-0.05, 0) is 62.1 Å². The minimum Gasteiger partial charge on any atom is -0.324 e. The van der Waals surface area contributed by atoms with Gasteiger partial charge >= 0.3 is 15.2 Å². The van der Waals surface area contributed by atoms with Crippen LogP contribution in [0.1, 0.15) is 82.8 Å². The summed E-state index contributed by atoms with van der Waals surface area (Å²) in [5.74, 6) is 0. The van der Waals surface area contributed by atoms with E-state index in [-0.39, 0.29) is 12.3 Å². The van der Waals surface area contributed by atoms with Crippen LogP contribution in [0.3, 0.4) is 0 Å². The minimum absolute atomic E-state index is 0.202. The van der Waals surface area contributed by atoms with Crippen molar-refractivity contribution in [3.8, 4) is 0 Å². The van der Waals surface area contributed by atoms with Crippen molar-refractivity contribution in [3.63, 3.8) is 0 Å². The molecule has 2 aromatic rings. The van der Waals surface area contributed by atoms with Crippen LogP contribution in [0.5, 0.6) is 0 Å². The van der Waals surface area contributed by atoms with Crippen LogP contribution in [0.15, 0.2) is 48.5 Å². The molecule has 0 bridgehead atoms. The lowest BCUT2D eigenvalue weighted by molar-refractivity contribution is -0.108. The highest BCUT2D eigenvalue weighted by molar-refractivity contribution is 7.53. The zero-order valence-corrected chi connectivity index (χ0v) is 27.3. The number of benzene rings is 2. The van der Waals surface area contributed by atoms with E-state index in [2.05, 4.69) is 0 Å². The molecule has 0 fully saturated rings. The quantitative estimate of drug-likeness (QED) is 0.0697. The first-order chi connectivity index (χ1) is 20.6. The molecule has 0 unspecified atom stereocenters. The Morgan fingerprint density at radius 3 is 1.28 bits per heavy atom. The average molecular weight is 639 g/mol. The smallest absolute Gasteiger partial charge is 0.324 e. The Hall–Kier alpha value is -2.32. The van der Waals surface area contributed by atoms with Crippen LogP contribution in [-0.2, 0) is 40.1 Å². The molecule has 2 aromatic carbocycles. The van der Waals surface area contributed by atoms with Gasteiger partial charge in [-0.1, -0.05) is 69.2 Å². The summed E-state index contributed by atoms with van der Waals surface area (Å²) in [6.07, 6.45) is 11.1. The Labute approximate surface area is 256 Å². The number of unbranched alkanes of at least 4 members (excludes halogenated alkanes) is 8. The highest BCUT2D eigenvalue weighted by Crippen LogP contribution is 2.51. The summed E-state index contributed by atoms with van der Waals surface area (Å²) in [6, 6.07) is 14.2. The number of hydrogen-bond acceptors (Lipinski definition) is 6. The second-order valence-corrected chi connectivity index (χ2v) is 14.2. The summed E-state index contributed by atoms with van der Waals surface area (Å²) in [6.45, 7) is 5.48. The van der Waals surface area contributed by atoms with Gasteiger partial charge in [0.25, 0.3) is 0 Å². The van der Waals surface area contributed by atoms with Gasteiger partial charge in [0.15, 0.2) is 0 Å². The Morgan fingerprint density at radius 1 is 0.605 bits per heavy atom. The summed E-state index contributed by atoms with van der Waals surface area (Å²) < 4.78 is 34.6. The van der Waals surface area contributed by atoms with E-state index in [1.54, 1.807) is 47.9 Å². The molecule has 10 nitrogen and oxygen atoms in total. The molecule has 43 heavy (non-hydrogen) atoms. The maximum atomic E-state index is 12.8. The number of amides is 2. The molecule has 2 rings (SSSR count). The Kier molecular flexibility index (Phi) is 17.0. The predicted molar refractivity (Wildman–Crippen MR) is 172 cm³/mol. The summed E-state index contributed by atoms with van der Waals surface area (Å²) in [5, 5.41) is 0. The molecule has 0 spiro atoms. The molecule has 0 aromatic heterocycles. The fraction of sp³-hybridized carbons (Fsp3) is 0.548. The van der Waals surface area contributed by atoms with Crippen molar-refractivity contribution in [2.24, 2.45) is 0 Å². The second-order valence-electron chi connectivity index (χ2n) is 10.5. The third-order valence-electron chi connectivity index (χ3n) is 7.00. The minimum atomic E-state index is -4.11. The van der Waals surface area contributed by atoms with Crippen LogP contribution in [0.2, 0.25) is 0 Å². The third kappa shape index (κ3) is 14.8. The van der Waals surface area contributed by atoms with Gasteiger partial charge in [-0.25, -0.2) is 0 Å². The van der Waals surface area contributed by atoms with Gasteiger partial charge in [0.05, 0.1) is 25.5 Å². The Balaban J connectivity index is 1.58. The van der Waals surface area contributed by atoms with Crippen molar-refractivity contribution in [2.45, 2.75) is 84.0 Å². The van der Waals surface area contributed by atoms with Gasteiger partial charge in [-0.3, -0.25) is 18.7 Å². The normalized spacial score (nSPS) is 11.8. The molecule has 2 N–H and O–H groups in total. The summed E-state index contributed by atoms with van der Waals surface area (Å²) >= 11 is 0. The number of carbonyl (C=O) groups excluding carboxylic acids is 2. The van der Waals surface area contributed by atoms with Gasteiger partial charge in [0, 0.05) is 24.5 Å². The van der Waals surface area contributed by atoms with Crippen LogP contribution in [-0.4, -0.2) is 48.9 Å². The highest BCUT2D eigenvalue weighted by Gasteiger charge is 2.24. The summed E-state index contributed by atoms with van der Waals surface area (Å²) in [4.78, 5) is 44.7. The number of hydrogen-bond donors (Lipinski definition) is 2. The van der Waals surface area contributed by atoms with E-state index in [1.165, 1.54) is 0 Å². The number of nitrogens with zero attached hydrogens (tertiary/aromatic N) is 2. The fourth-order valence-corrected chi connectivity index (χ4v) is 7.24. The molecular formula is C31H48N2O8P2. The monoisotopic (exact) mass is 638 g/mol. The second kappa shape index (κ2) is 19.9. The molecule has 0 heterocycles. The van der Waals surface area contributed by atoms with E-state index in [1.807, 2.05) is 24.3 Å². The van der Waals surface area contributed by atoms with Crippen molar-refractivity contribution >= 4 is 39.4 Å². The zero-order valence-electron chi connectivity index (χ0n) is 25.5. The van der Waals surface area contributed by atoms with Gasteiger partial charge in [0.1, 0.15) is 0 Å².